The monoisotopic (exact) mass is 330 g/mol. The molecule has 0 radical (unpaired) electrons. The van der Waals surface area contributed by atoms with E-state index in [9.17, 15) is 5.11 Å². The van der Waals surface area contributed by atoms with Crippen molar-refractivity contribution in [2.75, 3.05) is 27.4 Å². The second kappa shape index (κ2) is 8.66. The fraction of sp³-hybridized carbons (Fsp3) is 0.421. The van der Waals surface area contributed by atoms with Gasteiger partial charge < -0.3 is 14.6 Å². The molecule has 130 valence electrons. The average Bonchev–Trinajstić information content (AvgIpc) is 2.58. The minimum absolute atomic E-state index is 0.0944. The molecule has 0 bridgehead atoms. The van der Waals surface area contributed by atoms with E-state index >= 15 is 0 Å². The van der Waals surface area contributed by atoms with Gasteiger partial charge in [0, 0.05) is 42.5 Å². The minimum atomic E-state index is 0.0944. The van der Waals surface area contributed by atoms with Crippen LogP contribution in [0.15, 0.2) is 30.5 Å². The van der Waals surface area contributed by atoms with Gasteiger partial charge in [0.25, 0.3) is 0 Å². The lowest BCUT2D eigenvalue weighted by atomic mass is 10.1. The van der Waals surface area contributed by atoms with Gasteiger partial charge >= 0.3 is 0 Å². The van der Waals surface area contributed by atoms with Gasteiger partial charge in [0.2, 0.25) is 0 Å². The zero-order valence-corrected chi connectivity index (χ0v) is 14.9. The summed E-state index contributed by atoms with van der Waals surface area (Å²) in [4.78, 5) is 6.71. The van der Waals surface area contributed by atoms with Crippen LogP contribution in [0.3, 0.4) is 0 Å². The van der Waals surface area contributed by atoms with Crippen LogP contribution >= 0.6 is 0 Å². The lowest BCUT2D eigenvalue weighted by Gasteiger charge is -2.23. The first kappa shape index (κ1) is 18.2. The molecule has 1 aromatic heterocycles. The third-order valence-electron chi connectivity index (χ3n) is 4.13. The van der Waals surface area contributed by atoms with Gasteiger partial charge in [-0.3, -0.25) is 9.88 Å². The highest BCUT2D eigenvalue weighted by Gasteiger charge is 2.15. The van der Waals surface area contributed by atoms with Crippen LogP contribution < -0.4 is 9.47 Å². The molecular weight excluding hydrogens is 304 g/mol. The van der Waals surface area contributed by atoms with Crippen LogP contribution in [0.25, 0.3) is 0 Å². The maximum absolute atomic E-state index is 9.42. The van der Waals surface area contributed by atoms with Crippen LogP contribution in [0.4, 0.5) is 0 Å². The molecule has 0 saturated heterocycles. The van der Waals surface area contributed by atoms with Crippen molar-refractivity contribution >= 4 is 0 Å². The summed E-state index contributed by atoms with van der Waals surface area (Å²) in [5, 5.41) is 9.42. The number of para-hydroxylation sites is 1. The Balaban J connectivity index is 2.23. The minimum Gasteiger partial charge on any atom is -0.496 e. The van der Waals surface area contributed by atoms with Crippen molar-refractivity contribution in [2.24, 2.45) is 0 Å². The molecule has 0 unspecified atom stereocenters. The van der Waals surface area contributed by atoms with Crippen LogP contribution in [0.2, 0.25) is 0 Å². The van der Waals surface area contributed by atoms with Gasteiger partial charge in [0.1, 0.15) is 11.5 Å². The normalized spacial score (nSPS) is 10.9. The molecule has 2 aromatic rings. The molecule has 1 N–H and O–H groups in total. The number of methoxy groups -OCH3 is 2. The molecule has 0 spiro atoms. The predicted octanol–water partition coefficient (Wildman–Crippen LogP) is 2.71. The second-order valence-corrected chi connectivity index (χ2v) is 5.79. The third-order valence-corrected chi connectivity index (χ3v) is 4.13. The molecule has 5 heteroatoms. The lowest BCUT2D eigenvalue weighted by molar-refractivity contribution is 0.181. The Morgan fingerprint density at radius 2 is 1.83 bits per heavy atom. The molecule has 0 aliphatic carbocycles. The van der Waals surface area contributed by atoms with Crippen molar-refractivity contribution in [1.82, 2.24) is 9.88 Å². The van der Waals surface area contributed by atoms with Crippen LogP contribution in [0, 0.1) is 13.8 Å². The number of rotatable bonds is 8. The van der Waals surface area contributed by atoms with E-state index in [0.29, 0.717) is 19.6 Å². The van der Waals surface area contributed by atoms with E-state index in [1.165, 1.54) is 0 Å². The van der Waals surface area contributed by atoms with E-state index in [1.807, 2.05) is 44.3 Å². The van der Waals surface area contributed by atoms with E-state index in [4.69, 9.17) is 9.47 Å². The number of hydrogen-bond donors (Lipinski definition) is 1. The number of nitrogens with zero attached hydrogens (tertiary/aromatic N) is 2. The third kappa shape index (κ3) is 4.24. The molecule has 1 aromatic carbocycles. The Hall–Kier alpha value is -2.11. The first-order valence-corrected chi connectivity index (χ1v) is 8.04. The topological polar surface area (TPSA) is 54.8 Å². The fourth-order valence-corrected chi connectivity index (χ4v) is 2.87. The van der Waals surface area contributed by atoms with Gasteiger partial charge in [-0.15, -0.1) is 0 Å². The molecule has 0 aliphatic rings. The largest absolute Gasteiger partial charge is 0.496 e. The first-order chi connectivity index (χ1) is 11.6. The van der Waals surface area contributed by atoms with Crippen LogP contribution in [0.1, 0.15) is 22.4 Å². The Morgan fingerprint density at radius 3 is 2.50 bits per heavy atom. The standard InChI is InChI=1S/C19H26N2O3/c1-14-11-20-17(15(2)19(14)24-4)13-21(9-10-22)12-16-7-5-6-8-18(16)23-3/h5-8,11,22H,9-10,12-13H2,1-4H3. The summed E-state index contributed by atoms with van der Waals surface area (Å²) in [6.07, 6.45) is 1.83. The van der Waals surface area contributed by atoms with Crippen molar-refractivity contribution in [2.45, 2.75) is 26.9 Å². The molecule has 0 aliphatic heterocycles. The zero-order chi connectivity index (χ0) is 17.5. The Kier molecular flexibility index (Phi) is 6.58. The van der Waals surface area contributed by atoms with Crippen LogP contribution in [-0.2, 0) is 13.1 Å². The van der Waals surface area contributed by atoms with Gasteiger partial charge in [0.05, 0.1) is 26.5 Å². The van der Waals surface area contributed by atoms with E-state index in [-0.39, 0.29) is 6.61 Å². The number of aliphatic hydroxyl groups is 1. The van der Waals surface area contributed by atoms with Gasteiger partial charge in [-0.25, -0.2) is 0 Å². The molecule has 0 saturated carbocycles. The van der Waals surface area contributed by atoms with Gasteiger partial charge in [-0.05, 0) is 19.9 Å². The summed E-state index contributed by atoms with van der Waals surface area (Å²) in [5.74, 6) is 1.73. The quantitative estimate of drug-likeness (QED) is 0.806. The number of benzene rings is 1. The summed E-state index contributed by atoms with van der Waals surface area (Å²) < 4.78 is 10.9. The Bertz CT molecular complexity index is 674. The SMILES string of the molecule is COc1ccccc1CN(CCO)Cc1ncc(C)c(OC)c1C. The second-order valence-electron chi connectivity index (χ2n) is 5.79. The maximum atomic E-state index is 9.42. The van der Waals surface area contributed by atoms with Gasteiger partial charge in [0.15, 0.2) is 0 Å². The molecule has 0 atom stereocenters. The van der Waals surface area contributed by atoms with E-state index in [2.05, 4.69) is 9.88 Å². The molecule has 5 nitrogen and oxygen atoms in total. The van der Waals surface area contributed by atoms with E-state index < -0.39 is 0 Å². The predicted molar refractivity (Wildman–Crippen MR) is 94.5 cm³/mol. The smallest absolute Gasteiger partial charge is 0.128 e. The van der Waals surface area contributed by atoms with Crippen molar-refractivity contribution in [3.8, 4) is 11.5 Å². The number of aromatic nitrogens is 1. The van der Waals surface area contributed by atoms with Crippen molar-refractivity contribution in [3.63, 3.8) is 0 Å². The van der Waals surface area contributed by atoms with E-state index in [0.717, 1.165) is 33.9 Å². The number of ether oxygens (including phenoxy) is 2. The lowest BCUT2D eigenvalue weighted by Crippen LogP contribution is -2.27. The highest BCUT2D eigenvalue weighted by molar-refractivity contribution is 5.41. The summed E-state index contributed by atoms with van der Waals surface area (Å²) in [5.41, 5.74) is 4.11. The fourth-order valence-electron chi connectivity index (χ4n) is 2.87. The highest BCUT2D eigenvalue weighted by atomic mass is 16.5. The summed E-state index contributed by atoms with van der Waals surface area (Å²) in [7, 11) is 3.35. The van der Waals surface area contributed by atoms with Crippen molar-refractivity contribution in [3.05, 3.63) is 52.8 Å². The summed E-state index contributed by atoms with van der Waals surface area (Å²) in [6, 6.07) is 7.94. The van der Waals surface area contributed by atoms with E-state index in [1.54, 1.807) is 14.2 Å². The van der Waals surface area contributed by atoms with Gasteiger partial charge in [-0.1, -0.05) is 18.2 Å². The molecule has 1 heterocycles. The number of hydrogen-bond acceptors (Lipinski definition) is 5. The number of aryl methyl sites for hydroxylation is 1. The molecular formula is C19H26N2O3. The van der Waals surface area contributed by atoms with Crippen LogP contribution in [-0.4, -0.2) is 42.4 Å². The molecule has 0 fully saturated rings. The molecule has 0 amide bonds. The Morgan fingerprint density at radius 1 is 1.08 bits per heavy atom. The number of pyridine rings is 1. The van der Waals surface area contributed by atoms with Crippen molar-refractivity contribution in [1.29, 1.82) is 0 Å². The Labute approximate surface area is 143 Å². The zero-order valence-electron chi connectivity index (χ0n) is 14.9. The molecule has 24 heavy (non-hydrogen) atoms. The van der Waals surface area contributed by atoms with Crippen LogP contribution in [0.5, 0.6) is 11.5 Å². The summed E-state index contributed by atoms with van der Waals surface area (Å²) >= 11 is 0. The van der Waals surface area contributed by atoms with Gasteiger partial charge in [-0.2, -0.15) is 0 Å². The maximum Gasteiger partial charge on any atom is 0.128 e. The number of aliphatic hydroxyl groups excluding tert-OH is 1. The highest BCUT2D eigenvalue weighted by Crippen LogP contribution is 2.26. The summed E-state index contributed by atoms with van der Waals surface area (Å²) in [6.45, 7) is 5.99. The first-order valence-electron chi connectivity index (χ1n) is 8.04. The van der Waals surface area contributed by atoms with Crippen molar-refractivity contribution < 1.29 is 14.6 Å². The average molecular weight is 330 g/mol. The molecule has 2 rings (SSSR count).